The molecule has 0 bridgehead atoms. The largest absolute Gasteiger partial charge is 0.457 e. The minimum Gasteiger partial charge on any atom is -0.457 e. The van der Waals surface area contributed by atoms with Crippen LogP contribution in [0.2, 0.25) is 0 Å². The van der Waals surface area contributed by atoms with Gasteiger partial charge in [-0.15, -0.1) is 0 Å². The lowest BCUT2D eigenvalue weighted by Crippen LogP contribution is -2.06. The number of fused-ring (bicyclic) bond motifs is 1. The highest BCUT2D eigenvalue weighted by Gasteiger charge is 2.29. The number of hydrogen-bond acceptors (Lipinski definition) is 8. The van der Waals surface area contributed by atoms with Crippen molar-refractivity contribution in [2.24, 2.45) is 0 Å². The van der Waals surface area contributed by atoms with Gasteiger partial charge in [0, 0.05) is 24.2 Å². The first-order valence-corrected chi connectivity index (χ1v) is 12.1. The first-order chi connectivity index (χ1) is 15.9. The lowest BCUT2D eigenvalue weighted by atomic mass is 10.0. The van der Waals surface area contributed by atoms with Crippen LogP contribution in [0.15, 0.2) is 59.9 Å². The first kappa shape index (κ1) is 21.1. The summed E-state index contributed by atoms with van der Waals surface area (Å²) in [6.07, 6.45) is 3.46. The van der Waals surface area contributed by atoms with Crippen LogP contribution in [-0.4, -0.2) is 40.1 Å². The Bertz CT molecular complexity index is 1430. The number of carbonyl (C=O) groups is 1. The van der Waals surface area contributed by atoms with Crippen LogP contribution in [0.4, 0.5) is 0 Å². The third-order valence-electron chi connectivity index (χ3n) is 5.39. The number of aromatic nitrogens is 4. The molecule has 33 heavy (non-hydrogen) atoms. The van der Waals surface area contributed by atoms with Gasteiger partial charge in [-0.05, 0) is 36.8 Å². The van der Waals surface area contributed by atoms with Crippen LogP contribution < -0.4 is 4.74 Å². The number of H-pyrrole nitrogens is 1. The fourth-order valence-corrected chi connectivity index (χ4v) is 4.43. The Kier molecular flexibility index (Phi) is 5.29. The molecule has 4 heterocycles. The standard InChI is InChI=1S/C23H20N4O5S/c1-2-33(29,30)21-8-6-14(13-25-21)31-20-12-18-17(11-15(20)19-7-9-22(28)32-19)26-23(27-18)16-5-3-4-10-24-16/h3-6,8,10-13,19H,2,7,9H2,1H3,(H,26,27)/t19-/m0/s1. The molecule has 1 aliphatic rings. The van der Waals surface area contributed by atoms with Crippen molar-refractivity contribution in [1.29, 1.82) is 0 Å². The van der Waals surface area contributed by atoms with Gasteiger partial charge in [0.25, 0.3) is 0 Å². The fourth-order valence-electron chi connectivity index (χ4n) is 3.65. The highest BCUT2D eigenvalue weighted by atomic mass is 32.2. The molecule has 1 atom stereocenters. The van der Waals surface area contributed by atoms with E-state index in [2.05, 4.69) is 19.9 Å². The summed E-state index contributed by atoms with van der Waals surface area (Å²) in [7, 11) is -3.41. The van der Waals surface area contributed by atoms with Gasteiger partial charge >= 0.3 is 5.97 Å². The molecule has 10 heteroatoms. The van der Waals surface area contributed by atoms with E-state index in [0.29, 0.717) is 46.9 Å². The van der Waals surface area contributed by atoms with Gasteiger partial charge < -0.3 is 14.5 Å². The average Bonchev–Trinajstić information content (AvgIpc) is 3.45. The van der Waals surface area contributed by atoms with E-state index < -0.39 is 15.9 Å². The van der Waals surface area contributed by atoms with Gasteiger partial charge in [0.05, 0.1) is 23.0 Å². The van der Waals surface area contributed by atoms with Gasteiger partial charge in [0.1, 0.15) is 23.3 Å². The van der Waals surface area contributed by atoms with Crippen molar-refractivity contribution in [1.82, 2.24) is 19.9 Å². The molecule has 9 nitrogen and oxygen atoms in total. The number of nitrogens with one attached hydrogen (secondary N) is 1. The molecule has 1 aliphatic heterocycles. The number of hydrogen-bond donors (Lipinski definition) is 1. The second-order valence-corrected chi connectivity index (χ2v) is 9.79. The molecule has 1 fully saturated rings. The number of benzene rings is 1. The quantitative estimate of drug-likeness (QED) is 0.425. The number of carbonyl (C=O) groups excluding carboxylic acids is 1. The average molecular weight is 465 g/mol. The Morgan fingerprint density at radius 1 is 1.18 bits per heavy atom. The zero-order valence-corrected chi connectivity index (χ0v) is 18.5. The number of nitrogens with zero attached hydrogens (tertiary/aromatic N) is 3. The van der Waals surface area contributed by atoms with Crippen LogP contribution in [0, 0.1) is 0 Å². The van der Waals surface area contributed by atoms with E-state index in [1.165, 1.54) is 12.3 Å². The third-order valence-corrected chi connectivity index (χ3v) is 7.03. The molecule has 1 saturated heterocycles. The lowest BCUT2D eigenvalue weighted by molar-refractivity contribution is -0.141. The Hall–Kier alpha value is -3.79. The van der Waals surface area contributed by atoms with E-state index in [4.69, 9.17) is 9.47 Å². The van der Waals surface area contributed by atoms with Gasteiger partial charge in [-0.3, -0.25) is 9.78 Å². The summed E-state index contributed by atoms with van der Waals surface area (Å²) >= 11 is 0. The van der Waals surface area contributed by atoms with Crippen molar-refractivity contribution in [3.05, 3.63) is 60.4 Å². The van der Waals surface area contributed by atoms with Crippen LogP contribution >= 0.6 is 0 Å². The molecule has 0 spiro atoms. The molecule has 3 aromatic heterocycles. The monoisotopic (exact) mass is 464 g/mol. The van der Waals surface area contributed by atoms with Crippen molar-refractivity contribution >= 4 is 26.8 Å². The SMILES string of the molecule is CCS(=O)(=O)c1ccc(Oc2cc3nc(-c4ccccn4)[nH]c3cc2[C@@H]2CCC(=O)O2)cn1. The zero-order valence-electron chi connectivity index (χ0n) is 17.7. The van der Waals surface area contributed by atoms with Gasteiger partial charge in [-0.25, -0.2) is 18.4 Å². The van der Waals surface area contributed by atoms with Crippen molar-refractivity contribution in [2.75, 3.05) is 5.75 Å². The van der Waals surface area contributed by atoms with Gasteiger partial charge in [0.2, 0.25) is 0 Å². The van der Waals surface area contributed by atoms with Crippen molar-refractivity contribution in [2.45, 2.75) is 30.9 Å². The number of rotatable bonds is 6. The minimum absolute atomic E-state index is 0.00921. The minimum atomic E-state index is -3.41. The second kappa shape index (κ2) is 8.28. The Morgan fingerprint density at radius 3 is 2.73 bits per heavy atom. The second-order valence-electron chi connectivity index (χ2n) is 7.56. The fraction of sp³-hybridized carbons (Fsp3) is 0.217. The number of sulfone groups is 1. The van der Waals surface area contributed by atoms with Crippen molar-refractivity contribution in [3.63, 3.8) is 0 Å². The zero-order chi connectivity index (χ0) is 23.0. The predicted molar refractivity (Wildman–Crippen MR) is 119 cm³/mol. The maximum Gasteiger partial charge on any atom is 0.306 e. The van der Waals surface area contributed by atoms with Crippen LogP contribution in [0.3, 0.4) is 0 Å². The molecule has 0 saturated carbocycles. The normalized spacial score (nSPS) is 16.2. The van der Waals surface area contributed by atoms with Crippen molar-refractivity contribution < 1.29 is 22.7 Å². The molecule has 4 aromatic rings. The molecule has 5 rings (SSSR count). The summed E-state index contributed by atoms with van der Waals surface area (Å²) in [4.78, 5) is 28.0. The summed E-state index contributed by atoms with van der Waals surface area (Å²) in [5.41, 5.74) is 2.79. The number of pyridine rings is 2. The maximum atomic E-state index is 12.0. The summed E-state index contributed by atoms with van der Waals surface area (Å²) in [5.74, 6) is 1.12. The van der Waals surface area contributed by atoms with E-state index in [0.717, 1.165) is 5.52 Å². The summed E-state index contributed by atoms with van der Waals surface area (Å²) < 4.78 is 35.6. The Balaban J connectivity index is 1.55. The first-order valence-electron chi connectivity index (χ1n) is 10.4. The molecule has 1 N–H and O–H groups in total. The van der Waals surface area contributed by atoms with E-state index in [-0.39, 0.29) is 16.7 Å². The van der Waals surface area contributed by atoms with E-state index in [1.807, 2.05) is 24.3 Å². The summed E-state index contributed by atoms with van der Waals surface area (Å²) in [5, 5.41) is -0.00921. The number of esters is 1. The number of cyclic esters (lactones) is 1. The van der Waals surface area contributed by atoms with E-state index >= 15 is 0 Å². The van der Waals surface area contributed by atoms with Gasteiger partial charge in [0.15, 0.2) is 20.7 Å². The molecule has 0 unspecified atom stereocenters. The van der Waals surface area contributed by atoms with Crippen molar-refractivity contribution in [3.8, 4) is 23.0 Å². The highest BCUT2D eigenvalue weighted by molar-refractivity contribution is 7.91. The van der Waals surface area contributed by atoms with E-state index in [9.17, 15) is 13.2 Å². The van der Waals surface area contributed by atoms with Gasteiger partial charge in [-0.2, -0.15) is 0 Å². The molecular formula is C23H20N4O5S. The van der Waals surface area contributed by atoms with Gasteiger partial charge in [-0.1, -0.05) is 13.0 Å². The van der Waals surface area contributed by atoms with Crippen LogP contribution in [-0.2, 0) is 19.4 Å². The van der Waals surface area contributed by atoms with E-state index in [1.54, 1.807) is 25.3 Å². The topological polar surface area (TPSA) is 124 Å². The van der Waals surface area contributed by atoms with Crippen LogP contribution in [0.1, 0.15) is 31.4 Å². The molecular weight excluding hydrogens is 444 g/mol. The number of ether oxygens (including phenoxy) is 2. The number of aromatic amines is 1. The lowest BCUT2D eigenvalue weighted by Gasteiger charge is -2.15. The molecule has 168 valence electrons. The summed E-state index contributed by atoms with van der Waals surface area (Å²) in [6, 6.07) is 12.1. The number of imidazole rings is 1. The highest BCUT2D eigenvalue weighted by Crippen LogP contribution is 2.39. The molecule has 0 aliphatic carbocycles. The molecule has 0 amide bonds. The maximum absolute atomic E-state index is 12.0. The molecule has 1 aromatic carbocycles. The van der Waals surface area contributed by atoms with Crippen LogP contribution in [0.5, 0.6) is 11.5 Å². The summed E-state index contributed by atoms with van der Waals surface area (Å²) in [6.45, 7) is 1.56. The molecule has 0 radical (unpaired) electrons. The smallest absolute Gasteiger partial charge is 0.306 e. The Morgan fingerprint density at radius 2 is 2.06 bits per heavy atom. The predicted octanol–water partition coefficient (Wildman–Crippen LogP) is 3.98. The third kappa shape index (κ3) is 4.17. The van der Waals surface area contributed by atoms with Crippen LogP contribution in [0.25, 0.3) is 22.6 Å². The Labute approximate surface area is 189 Å².